The molecule has 0 N–H and O–H groups in total. The quantitative estimate of drug-likeness (QED) is 0.340. The van der Waals surface area contributed by atoms with Crippen molar-refractivity contribution in [2.24, 2.45) is 0 Å². The fourth-order valence-corrected chi connectivity index (χ4v) is 4.51. The van der Waals surface area contributed by atoms with Crippen molar-refractivity contribution in [1.82, 2.24) is 0 Å². The van der Waals surface area contributed by atoms with Gasteiger partial charge < -0.3 is 4.74 Å². The van der Waals surface area contributed by atoms with Gasteiger partial charge in [-0.1, -0.05) is 121 Å². The Labute approximate surface area is 183 Å². The molecule has 0 aromatic heterocycles. The van der Waals surface area contributed by atoms with E-state index < -0.39 is 0 Å². The fraction of sp³-hybridized carbons (Fsp3) is 0.0667. The van der Waals surface area contributed by atoms with Gasteiger partial charge in [0.2, 0.25) is 0 Å². The van der Waals surface area contributed by atoms with Gasteiger partial charge in [-0.05, 0) is 44.5 Å². The third-order valence-corrected chi connectivity index (χ3v) is 6.07. The Morgan fingerprint density at radius 1 is 0.323 bits per heavy atom. The molecule has 0 saturated carbocycles. The minimum atomic E-state index is 0.0229. The summed E-state index contributed by atoms with van der Waals surface area (Å²) in [5, 5.41) is 0. The van der Waals surface area contributed by atoms with E-state index in [2.05, 4.69) is 121 Å². The molecule has 2 aliphatic rings. The Balaban J connectivity index is 1.33. The van der Waals surface area contributed by atoms with Gasteiger partial charge in [0.1, 0.15) is 12.2 Å². The van der Waals surface area contributed by atoms with Crippen molar-refractivity contribution < 1.29 is 4.74 Å². The van der Waals surface area contributed by atoms with E-state index in [4.69, 9.17) is 4.74 Å². The zero-order chi connectivity index (χ0) is 20.6. The maximum absolute atomic E-state index is 6.79. The van der Waals surface area contributed by atoms with E-state index in [0.29, 0.717) is 0 Å². The molecule has 0 atom stereocenters. The number of benzene rings is 4. The average molecular weight is 399 g/mol. The fourth-order valence-electron chi connectivity index (χ4n) is 4.51. The van der Waals surface area contributed by atoms with E-state index in [1.807, 2.05) is 0 Å². The summed E-state index contributed by atoms with van der Waals surface area (Å²) in [6.07, 6.45) is 0.0458. The van der Waals surface area contributed by atoms with Crippen LogP contribution in [0.3, 0.4) is 0 Å². The maximum Gasteiger partial charge on any atom is 0.111 e. The zero-order valence-corrected chi connectivity index (χ0v) is 17.1. The summed E-state index contributed by atoms with van der Waals surface area (Å²) >= 11 is 0. The van der Waals surface area contributed by atoms with Crippen molar-refractivity contribution in [1.29, 1.82) is 0 Å². The molecule has 0 bridgehead atoms. The minimum absolute atomic E-state index is 0.0229. The van der Waals surface area contributed by atoms with Gasteiger partial charge in [-0.15, -0.1) is 0 Å². The molecule has 0 saturated heterocycles. The highest BCUT2D eigenvalue weighted by Crippen LogP contribution is 2.56. The van der Waals surface area contributed by atoms with Crippen LogP contribution in [-0.2, 0) is 4.74 Å². The molecule has 2 aliphatic carbocycles. The SMILES string of the molecule is c1ccc(C2=C(c3ccccc3)C2OC2C(c3ccccc3)=C2c2ccccc2)cc1. The van der Waals surface area contributed by atoms with E-state index in [1.165, 1.54) is 44.5 Å². The Morgan fingerprint density at radius 2 is 0.548 bits per heavy atom. The van der Waals surface area contributed by atoms with Gasteiger partial charge in [-0.25, -0.2) is 0 Å². The van der Waals surface area contributed by atoms with Crippen LogP contribution in [-0.4, -0.2) is 12.2 Å². The summed E-state index contributed by atoms with van der Waals surface area (Å²) in [6.45, 7) is 0. The monoisotopic (exact) mass is 398 g/mol. The molecule has 0 unspecified atom stereocenters. The molecule has 1 heteroatoms. The predicted octanol–water partition coefficient (Wildman–Crippen LogP) is 6.99. The van der Waals surface area contributed by atoms with Crippen LogP contribution in [0.2, 0.25) is 0 Å². The highest BCUT2D eigenvalue weighted by atomic mass is 16.5. The zero-order valence-electron chi connectivity index (χ0n) is 17.1. The van der Waals surface area contributed by atoms with Crippen LogP contribution in [0.15, 0.2) is 121 Å². The largest absolute Gasteiger partial charge is 0.356 e. The van der Waals surface area contributed by atoms with Crippen LogP contribution in [0.1, 0.15) is 22.3 Å². The lowest BCUT2D eigenvalue weighted by Crippen LogP contribution is -2.06. The van der Waals surface area contributed by atoms with E-state index in [1.54, 1.807) is 0 Å². The minimum Gasteiger partial charge on any atom is -0.356 e. The Bertz CT molecular complexity index is 1070. The topological polar surface area (TPSA) is 9.23 Å². The molecule has 0 spiro atoms. The molecule has 0 amide bonds. The van der Waals surface area contributed by atoms with Crippen molar-refractivity contribution >= 4 is 22.3 Å². The van der Waals surface area contributed by atoms with Gasteiger partial charge >= 0.3 is 0 Å². The van der Waals surface area contributed by atoms with Gasteiger partial charge in [-0.2, -0.15) is 0 Å². The molecule has 0 heterocycles. The van der Waals surface area contributed by atoms with Crippen molar-refractivity contribution in [3.63, 3.8) is 0 Å². The summed E-state index contributed by atoms with van der Waals surface area (Å²) in [5.41, 5.74) is 10.2. The standard InChI is InChI=1S/C30H22O/c1-5-13-21(14-6-1)25-26(22-15-7-2-8-16-22)29(25)31-30-27(23-17-9-3-10-18-23)28(30)24-19-11-4-12-20-24/h1-20,29-30H. The highest BCUT2D eigenvalue weighted by Gasteiger charge is 2.47. The third kappa shape index (κ3) is 3.34. The smallest absolute Gasteiger partial charge is 0.111 e. The summed E-state index contributed by atoms with van der Waals surface area (Å²) in [5.74, 6) is 0. The summed E-state index contributed by atoms with van der Waals surface area (Å²) in [7, 11) is 0. The summed E-state index contributed by atoms with van der Waals surface area (Å²) in [4.78, 5) is 0. The van der Waals surface area contributed by atoms with Crippen LogP contribution in [0.4, 0.5) is 0 Å². The van der Waals surface area contributed by atoms with E-state index in [-0.39, 0.29) is 12.2 Å². The molecule has 31 heavy (non-hydrogen) atoms. The lowest BCUT2D eigenvalue weighted by atomic mass is 10.1. The number of hydrogen-bond donors (Lipinski definition) is 0. The molecule has 0 radical (unpaired) electrons. The molecule has 148 valence electrons. The molecule has 4 aromatic carbocycles. The number of ether oxygens (including phenoxy) is 1. The first-order valence-electron chi connectivity index (χ1n) is 10.8. The molecule has 0 aliphatic heterocycles. The molecular weight excluding hydrogens is 376 g/mol. The van der Waals surface area contributed by atoms with Crippen LogP contribution < -0.4 is 0 Å². The first-order chi connectivity index (χ1) is 15.4. The second-order valence-electron chi connectivity index (χ2n) is 8.01. The van der Waals surface area contributed by atoms with Gasteiger partial charge in [-0.3, -0.25) is 0 Å². The summed E-state index contributed by atoms with van der Waals surface area (Å²) in [6, 6.07) is 42.5. The van der Waals surface area contributed by atoms with E-state index in [9.17, 15) is 0 Å². The second kappa shape index (κ2) is 7.54. The van der Waals surface area contributed by atoms with Gasteiger partial charge in [0.05, 0.1) is 0 Å². The van der Waals surface area contributed by atoms with Crippen molar-refractivity contribution in [3.8, 4) is 0 Å². The van der Waals surface area contributed by atoms with Crippen LogP contribution in [0, 0.1) is 0 Å². The van der Waals surface area contributed by atoms with Crippen molar-refractivity contribution in [2.75, 3.05) is 0 Å². The molecular formula is C30H22O. The molecule has 1 nitrogen and oxygen atoms in total. The van der Waals surface area contributed by atoms with Gasteiger partial charge in [0, 0.05) is 0 Å². The Morgan fingerprint density at radius 3 is 0.774 bits per heavy atom. The van der Waals surface area contributed by atoms with Gasteiger partial charge in [0.15, 0.2) is 0 Å². The molecule has 4 aromatic rings. The average Bonchev–Trinajstić information content (AvgIpc) is 3.76. The van der Waals surface area contributed by atoms with E-state index >= 15 is 0 Å². The molecule has 0 fully saturated rings. The maximum atomic E-state index is 6.79. The van der Waals surface area contributed by atoms with Crippen molar-refractivity contribution in [3.05, 3.63) is 144 Å². The summed E-state index contributed by atoms with van der Waals surface area (Å²) < 4.78 is 6.79. The van der Waals surface area contributed by atoms with Crippen LogP contribution >= 0.6 is 0 Å². The Kier molecular flexibility index (Phi) is 4.40. The van der Waals surface area contributed by atoms with Gasteiger partial charge in [0.25, 0.3) is 0 Å². The highest BCUT2D eigenvalue weighted by molar-refractivity contribution is 6.16. The number of hydrogen-bond acceptors (Lipinski definition) is 1. The third-order valence-electron chi connectivity index (χ3n) is 6.07. The van der Waals surface area contributed by atoms with Crippen LogP contribution in [0.25, 0.3) is 22.3 Å². The van der Waals surface area contributed by atoms with E-state index in [0.717, 1.165) is 0 Å². The van der Waals surface area contributed by atoms with Crippen molar-refractivity contribution in [2.45, 2.75) is 12.2 Å². The first kappa shape index (κ1) is 18.1. The second-order valence-corrected chi connectivity index (χ2v) is 8.01. The van der Waals surface area contributed by atoms with Crippen LogP contribution in [0.5, 0.6) is 0 Å². The Hall–Kier alpha value is -3.68. The molecule has 6 rings (SSSR count). The first-order valence-corrected chi connectivity index (χ1v) is 10.8. The lowest BCUT2D eigenvalue weighted by Gasteiger charge is -2.08. The predicted molar refractivity (Wildman–Crippen MR) is 128 cm³/mol. The number of rotatable bonds is 6. The lowest BCUT2D eigenvalue weighted by molar-refractivity contribution is 0.150. The normalized spacial score (nSPS) is 16.0.